The van der Waals surface area contributed by atoms with Crippen LogP contribution in [-0.4, -0.2) is 60.0 Å². The van der Waals surface area contributed by atoms with Crippen LogP contribution in [0.4, 0.5) is 0 Å². The summed E-state index contributed by atoms with van der Waals surface area (Å²) in [5.74, 6) is -0.931. The number of carbonyl (C=O) groups excluding carboxylic acids is 3. The van der Waals surface area contributed by atoms with Gasteiger partial charge in [0.2, 0.25) is 5.91 Å². The number of carbonyl (C=O) groups is 3. The van der Waals surface area contributed by atoms with E-state index in [2.05, 4.69) is 15.6 Å². The smallest absolute Gasteiger partial charge is 0.287 e. The summed E-state index contributed by atoms with van der Waals surface area (Å²) in [5, 5.41) is 5.47. The van der Waals surface area contributed by atoms with E-state index in [4.69, 9.17) is 4.42 Å². The zero-order valence-corrected chi connectivity index (χ0v) is 21.8. The number of amides is 2. The van der Waals surface area contributed by atoms with Gasteiger partial charge in [0.05, 0.1) is 18.8 Å². The molecule has 1 aliphatic carbocycles. The molecule has 10 nitrogen and oxygen atoms in total. The molecule has 1 aliphatic heterocycles. The lowest BCUT2D eigenvalue weighted by Gasteiger charge is -2.27. The number of rotatable bonds is 8. The number of aromatic nitrogens is 1. The summed E-state index contributed by atoms with van der Waals surface area (Å²) in [6.45, 7) is 1.38. The van der Waals surface area contributed by atoms with Crippen molar-refractivity contribution in [1.29, 1.82) is 0 Å². The molecule has 0 aromatic carbocycles. The van der Waals surface area contributed by atoms with Crippen LogP contribution in [0.15, 0.2) is 52.2 Å². The molecule has 0 spiro atoms. The third-order valence-corrected chi connectivity index (χ3v) is 9.13. The van der Waals surface area contributed by atoms with E-state index in [0.717, 1.165) is 30.0 Å². The van der Waals surface area contributed by atoms with E-state index in [1.807, 2.05) is 0 Å². The Labute approximate surface area is 217 Å². The van der Waals surface area contributed by atoms with Crippen molar-refractivity contribution >= 4 is 27.6 Å². The fourth-order valence-corrected chi connectivity index (χ4v) is 6.69. The van der Waals surface area contributed by atoms with Gasteiger partial charge in [0.25, 0.3) is 15.9 Å². The number of furan rings is 1. The van der Waals surface area contributed by atoms with E-state index in [-0.39, 0.29) is 17.3 Å². The Balaban J connectivity index is 1.46. The van der Waals surface area contributed by atoms with Crippen molar-refractivity contribution in [2.75, 3.05) is 6.54 Å². The molecule has 2 amide bonds. The first kappa shape index (κ1) is 27.0. The molecule has 2 aromatic heterocycles. The van der Waals surface area contributed by atoms with E-state index in [1.165, 1.54) is 31.0 Å². The number of pyridine rings is 1. The fourth-order valence-electron chi connectivity index (χ4n) is 5.12. The lowest BCUT2D eigenvalue weighted by molar-refractivity contribution is -0.129. The quantitative estimate of drug-likeness (QED) is 0.535. The Morgan fingerprint density at radius 2 is 1.89 bits per heavy atom. The van der Waals surface area contributed by atoms with Crippen molar-refractivity contribution < 1.29 is 27.2 Å². The largest absolute Gasteiger partial charge is 0.459 e. The average molecular weight is 531 g/mol. The average Bonchev–Trinajstić information content (AvgIpc) is 3.40. The van der Waals surface area contributed by atoms with E-state index in [9.17, 15) is 22.8 Å². The van der Waals surface area contributed by atoms with Crippen LogP contribution < -0.4 is 10.6 Å². The topological polar surface area (TPSA) is 139 Å². The molecule has 1 unspecified atom stereocenters. The number of nitrogens with one attached hydrogen (secondary N) is 2. The number of ketones is 1. The Kier molecular flexibility index (Phi) is 8.75. The van der Waals surface area contributed by atoms with Crippen LogP contribution in [-0.2, 0) is 19.6 Å². The zero-order valence-electron chi connectivity index (χ0n) is 21.0. The molecule has 0 radical (unpaired) electrons. The second-order valence-corrected chi connectivity index (χ2v) is 11.8. The molecule has 2 aliphatic rings. The van der Waals surface area contributed by atoms with Crippen LogP contribution in [0.25, 0.3) is 0 Å². The summed E-state index contributed by atoms with van der Waals surface area (Å²) in [7, 11) is -3.97. The highest BCUT2D eigenvalue weighted by atomic mass is 32.2. The van der Waals surface area contributed by atoms with Gasteiger partial charge in [-0.3, -0.25) is 14.4 Å². The van der Waals surface area contributed by atoms with Crippen molar-refractivity contribution in [3.05, 3.63) is 48.6 Å². The highest BCUT2D eigenvalue weighted by Crippen LogP contribution is 2.28. The van der Waals surface area contributed by atoms with E-state index >= 15 is 0 Å². The normalized spacial score (nSPS) is 22.7. The van der Waals surface area contributed by atoms with Gasteiger partial charge >= 0.3 is 0 Å². The first-order chi connectivity index (χ1) is 17.8. The van der Waals surface area contributed by atoms with Gasteiger partial charge in [0.15, 0.2) is 16.6 Å². The second-order valence-electron chi connectivity index (χ2n) is 9.92. The number of sulfonamides is 1. The molecule has 37 heavy (non-hydrogen) atoms. The standard InChI is InChI=1S/C26H34N4O6S/c1-18-12-13-20(22(31)17-30(18)37(34,35)24-11-5-6-14-27-24)28-25(32)21(16-19-8-3-2-4-9-19)29-26(33)23-10-7-15-36-23/h5-7,10-11,14-15,18-21H,2-4,8-9,12-13,16-17H2,1H3,(H,28,32)(H,29,33)/t18-,20?,21+/m1/s1. The minimum Gasteiger partial charge on any atom is -0.459 e. The SMILES string of the molecule is C[C@@H]1CCC(NC(=O)[C@H](CC2CCCCC2)NC(=O)c2ccco2)C(=O)CN1S(=O)(=O)c1ccccn1. The molecule has 2 N–H and O–H groups in total. The molecule has 2 aromatic rings. The molecule has 200 valence electrons. The third-order valence-electron chi connectivity index (χ3n) is 7.25. The zero-order chi connectivity index (χ0) is 26.4. The molecule has 1 saturated heterocycles. The molecule has 4 rings (SSSR count). The summed E-state index contributed by atoms with van der Waals surface area (Å²) >= 11 is 0. The summed E-state index contributed by atoms with van der Waals surface area (Å²) < 4.78 is 32.6. The molecule has 3 atom stereocenters. The minimum absolute atomic E-state index is 0.108. The minimum atomic E-state index is -3.97. The molecule has 11 heteroatoms. The lowest BCUT2D eigenvalue weighted by atomic mass is 9.84. The fraction of sp³-hybridized carbons (Fsp3) is 0.538. The number of hydrogen-bond acceptors (Lipinski definition) is 7. The Hall–Kier alpha value is -3.05. The summed E-state index contributed by atoms with van der Waals surface area (Å²) in [4.78, 5) is 43.2. The predicted molar refractivity (Wildman–Crippen MR) is 135 cm³/mol. The van der Waals surface area contributed by atoms with Crippen molar-refractivity contribution in [3.63, 3.8) is 0 Å². The number of nitrogens with zero attached hydrogens (tertiary/aromatic N) is 2. The Bertz CT molecular complexity index is 1180. The molecular formula is C26H34N4O6S. The maximum absolute atomic E-state index is 13.4. The van der Waals surface area contributed by atoms with Gasteiger partial charge in [-0.05, 0) is 56.4 Å². The van der Waals surface area contributed by atoms with Gasteiger partial charge in [-0.1, -0.05) is 38.2 Å². The Morgan fingerprint density at radius 3 is 2.57 bits per heavy atom. The molecule has 1 saturated carbocycles. The third kappa shape index (κ3) is 6.64. The van der Waals surface area contributed by atoms with Gasteiger partial charge in [-0.15, -0.1) is 0 Å². The first-order valence-corrected chi connectivity index (χ1v) is 14.3. The van der Waals surface area contributed by atoms with Crippen LogP contribution in [0.2, 0.25) is 0 Å². The van der Waals surface area contributed by atoms with Gasteiger partial charge in [0.1, 0.15) is 6.04 Å². The maximum Gasteiger partial charge on any atom is 0.287 e. The lowest BCUT2D eigenvalue weighted by Crippen LogP contribution is -2.53. The number of Topliss-reactive ketones (excluding diaryl/α,β-unsaturated/α-hetero) is 1. The van der Waals surface area contributed by atoms with E-state index in [1.54, 1.807) is 25.1 Å². The van der Waals surface area contributed by atoms with Gasteiger partial charge in [0, 0.05) is 12.2 Å². The predicted octanol–water partition coefficient (Wildman–Crippen LogP) is 2.67. The number of hydrogen-bond donors (Lipinski definition) is 2. The highest BCUT2D eigenvalue weighted by molar-refractivity contribution is 7.89. The Morgan fingerprint density at radius 1 is 1.11 bits per heavy atom. The van der Waals surface area contributed by atoms with Crippen LogP contribution in [0.1, 0.15) is 68.8 Å². The first-order valence-electron chi connectivity index (χ1n) is 12.9. The van der Waals surface area contributed by atoms with Crippen molar-refractivity contribution in [1.82, 2.24) is 19.9 Å². The maximum atomic E-state index is 13.4. The van der Waals surface area contributed by atoms with Crippen molar-refractivity contribution in [3.8, 4) is 0 Å². The van der Waals surface area contributed by atoms with E-state index < -0.39 is 45.7 Å². The van der Waals surface area contributed by atoms with Crippen LogP contribution >= 0.6 is 0 Å². The highest BCUT2D eigenvalue weighted by Gasteiger charge is 2.38. The molecule has 2 fully saturated rings. The van der Waals surface area contributed by atoms with Gasteiger partial charge < -0.3 is 15.1 Å². The van der Waals surface area contributed by atoms with Gasteiger partial charge in [-0.2, -0.15) is 4.31 Å². The molecular weight excluding hydrogens is 496 g/mol. The summed E-state index contributed by atoms with van der Waals surface area (Å²) in [5.41, 5.74) is 0. The van der Waals surface area contributed by atoms with Crippen molar-refractivity contribution in [2.24, 2.45) is 5.92 Å². The molecule has 3 heterocycles. The van der Waals surface area contributed by atoms with E-state index in [0.29, 0.717) is 25.2 Å². The molecule has 0 bridgehead atoms. The van der Waals surface area contributed by atoms with Crippen LogP contribution in [0.5, 0.6) is 0 Å². The van der Waals surface area contributed by atoms with Gasteiger partial charge in [-0.25, -0.2) is 13.4 Å². The van der Waals surface area contributed by atoms with Crippen LogP contribution in [0, 0.1) is 5.92 Å². The van der Waals surface area contributed by atoms with Crippen molar-refractivity contribution in [2.45, 2.75) is 81.4 Å². The summed E-state index contributed by atoms with van der Waals surface area (Å²) in [6, 6.07) is 5.59. The summed E-state index contributed by atoms with van der Waals surface area (Å²) in [6.07, 6.45) is 9.24. The van der Waals surface area contributed by atoms with Crippen LogP contribution in [0.3, 0.4) is 0 Å². The monoisotopic (exact) mass is 530 g/mol. The second kappa shape index (κ2) is 12.0.